The Bertz CT molecular complexity index is 505. The molecule has 0 aromatic heterocycles. The van der Waals surface area contributed by atoms with E-state index in [2.05, 4.69) is 18.3 Å². The first-order valence-corrected chi connectivity index (χ1v) is 8.64. The number of amides is 2. The molecule has 1 atom stereocenters. The second-order valence-corrected chi connectivity index (χ2v) is 6.90. The first-order valence-electron chi connectivity index (χ1n) is 7.66. The van der Waals surface area contributed by atoms with Gasteiger partial charge in [-0.15, -0.1) is 11.8 Å². The second-order valence-electron chi connectivity index (χ2n) is 5.56. The molecule has 0 bridgehead atoms. The van der Waals surface area contributed by atoms with Crippen LogP contribution in [0.4, 0.5) is 10.5 Å². The largest absolute Gasteiger partial charge is 0.377 e. The molecule has 5 heteroatoms. The van der Waals surface area contributed by atoms with Crippen LogP contribution in [0.5, 0.6) is 0 Å². The van der Waals surface area contributed by atoms with Crippen LogP contribution in [0.25, 0.3) is 0 Å². The number of nitrogens with one attached hydrogen (secondary N) is 1. The number of carbonyl (C=O) groups is 1. The van der Waals surface area contributed by atoms with Gasteiger partial charge in [-0.2, -0.15) is 0 Å². The number of benzene rings is 1. The van der Waals surface area contributed by atoms with E-state index in [9.17, 15) is 4.79 Å². The molecule has 2 fully saturated rings. The van der Waals surface area contributed by atoms with Crippen LogP contribution >= 0.6 is 11.8 Å². The van der Waals surface area contributed by atoms with E-state index < -0.39 is 0 Å². The second kappa shape index (κ2) is 6.71. The summed E-state index contributed by atoms with van der Waals surface area (Å²) in [7, 11) is 0. The Labute approximate surface area is 130 Å². The van der Waals surface area contributed by atoms with Crippen molar-refractivity contribution in [3.8, 4) is 0 Å². The zero-order valence-electron chi connectivity index (χ0n) is 12.4. The SMILES string of the molecule is CCSc1cccc(NC(=O)N2CCOCC2C2CC2)c1. The maximum Gasteiger partial charge on any atom is 0.322 e. The lowest BCUT2D eigenvalue weighted by Gasteiger charge is -2.35. The van der Waals surface area contributed by atoms with Crippen molar-refractivity contribution in [3.63, 3.8) is 0 Å². The standard InChI is InChI=1S/C16H22N2O2S/c1-2-21-14-5-3-4-13(10-14)17-16(19)18-8-9-20-11-15(18)12-6-7-12/h3-5,10,12,15H,2,6-9,11H2,1H3,(H,17,19). The first kappa shape index (κ1) is 14.7. The number of morpholine rings is 1. The number of urea groups is 1. The average molecular weight is 306 g/mol. The summed E-state index contributed by atoms with van der Waals surface area (Å²) in [6.45, 7) is 4.15. The van der Waals surface area contributed by atoms with Crippen LogP contribution in [0.3, 0.4) is 0 Å². The third-order valence-corrected chi connectivity index (χ3v) is 4.86. The summed E-state index contributed by atoms with van der Waals surface area (Å²) in [5, 5.41) is 3.04. The van der Waals surface area contributed by atoms with E-state index in [-0.39, 0.29) is 12.1 Å². The van der Waals surface area contributed by atoms with Gasteiger partial charge in [0, 0.05) is 17.1 Å². The predicted octanol–water partition coefficient (Wildman–Crippen LogP) is 3.44. The molecule has 1 heterocycles. The van der Waals surface area contributed by atoms with Crippen LogP contribution in [0.2, 0.25) is 0 Å². The fourth-order valence-corrected chi connectivity index (χ4v) is 3.49. The number of ether oxygens (including phenoxy) is 1. The Hall–Kier alpha value is -1.20. The van der Waals surface area contributed by atoms with Crippen LogP contribution in [-0.4, -0.2) is 42.5 Å². The summed E-state index contributed by atoms with van der Waals surface area (Å²) in [5.74, 6) is 1.67. The zero-order chi connectivity index (χ0) is 14.7. The Kier molecular flexibility index (Phi) is 4.70. The van der Waals surface area contributed by atoms with Crippen molar-refractivity contribution in [2.45, 2.75) is 30.7 Å². The first-order chi connectivity index (χ1) is 10.3. The molecule has 4 nitrogen and oxygen atoms in total. The number of carbonyl (C=O) groups excluding carboxylic acids is 1. The van der Waals surface area contributed by atoms with Crippen LogP contribution in [-0.2, 0) is 4.74 Å². The van der Waals surface area contributed by atoms with E-state index in [1.807, 2.05) is 23.1 Å². The minimum Gasteiger partial charge on any atom is -0.377 e. The van der Waals surface area contributed by atoms with E-state index in [4.69, 9.17) is 4.74 Å². The van der Waals surface area contributed by atoms with Crippen molar-refractivity contribution in [2.75, 3.05) is 30.8 Å². The summed E-state index contributed by atoms with van der Waals surface area (Å²) in [5.41, 5.74) is 0.875. The Morgan fingerprint density at radius 1 is 1.48 bits per heavy atom. The fourth-order valence-electron chi connectivity index (χ4n) is 2.77. The molecule has 1 saturated heterocycles. The Balaban J connectivity index is 1.65. The monoisotopic (exact) mass is 306 g/mol. The van der Waals surface area contributed by atoms with Gasteiger partial charge in [0.1, 0.15) is 0 Å². The molecule has 1 N–H and O–H groups in total. The molecule has 0 spiro atoms. The number of thioether (sulfide) groups is 1. The lowest BCUT2D eigenvalue weighted by Crippen LogP contribution is -2.51. The highest BCUT2D eigenvalue weighted by atomic mass is 32.2. The van der Waals surface area contributed by atoms with E-state index >= 15 is 0 Å². The topological polar surface area (TPSA) is 41.6 Å². The minimum atomic E-state index is 0.00819. The summed E-state index contributed by atoms with van der Waals surface area (Å²) in [6.07, 6.45) is 2.45. The molecular formula is C16H22N2O2S. The molecule has 1 aromatic rings. The molecule has 1 aliphatic carbocycles. The van der Waals surface area contributed by atoms with Gasteiger partial charge in [0.05, 0.1) is 19.3 Å². The summed E-state index contributed by atoms with van der Waals surface area (Å²) < 4.78 is 5.54. The molecule has 1 aliphatic heterocycles. The third kappa shape index (κ3) is 3.71. The van der Waals surface area contributed by atoms with Crippen molar-refractivity contribution in [3.05, 3.63) is 24.3 Å². The minimum absolute atomic E-state index is 0.00819. The highest BCUT2D eigenvalue weighted by Gasteiger charge is 2.39. The van der Waals surface area contributed by atoms with Gasteiger partial charge in [0.2, 0.25) is 0 Å². The average Bonchev–Trinajstić information content (AvgIpc) is 3.32. The normalized spacial score (nSPS) is 22.1. The Morgan fingerprint density at radius 3 is 3.10 bits per heavy atom. The van der Waals surface area contributed by atoms with Gasteiger partial charge in [-0.25, -0.2) is 4.79 Å². The molecule has 2 aliphatic rings. The van der Waals surface area contributed by atoms with E-state index in [0.717, 1.165) is 11.4 Å². The molecule has 1 unspecified atom stereocenters. The van der Waals surface area contributed by atoms with E-state index in [0.29, 0.717) is 25.7 Å². The lowest BCUT2D eigenvalue weighted by molar-refractivity contribution is 0.00773. The maximum atomic E-state index is 12.5. The van der Waals surface area contributed by atoms with Crippen LogP contribution in [0.1, 0.15) is 19.8 Å². The van der Waals surface area contributed by atoms with Crippen LogP contribution in [0.15, 0.2) is 29.2 Å². The van der Waals surface area contributed by atoms with Crippen LogP contribution in [0, 0.1) is 5.92 Å². The number of anilines is 1. The van der Waals surface area contributed by atoms with Gasteiger partial charge in [0.15, 0.2) is 0 Å². The molecule has 1 aromatic carbocycles. The Morgan fingerprint density at radius 2 is 2.33 bits per heavy atom. The van der Waals surface area contributed by atoms with Crippen molar-refractivity contribution in [1.82, 2.24) is 4.90 Å². The molecule has 2 amide bonds. The van der Waals surface area contributed by atoms with Gasteiger partial charge >= 0.3 is 6.03 Å². The quantitative estimate of drug-likeness (QED) is 0.866. The zero-order valence-corrected chi connectivity index (χ0v) is 13.2. The highest BCUT2D eigenvalue weighted by Crippen LogP contribution is 2.36. The smallest absolute Gasteiger partial charge is 0.322 e. The van der Waals surface area contributed by atoms with Gasteiger partial charge < -0.3 is 15.0 Å². The van der Waals surface area contributed by atoms with Crippen molar-refractivity contribution >= 4 is 23.5 Å². The molecule has 114 valence electrons. The van der Waals surface area contributed by atoms with Gasteiger partial charge in [-0.3, -0.25) is 0 Å². The molecule has 0 radical (unpaired) electrons. The van der Waals surface area contributed by atoms with Crippen molar-refractivity contribution in [2.24, 2.45) is 5.92 Å². The number of hydrogen-bond acceptors (Lipinski definition) is 3. The highest BCUT2D eigenvalue weighted by molar-refractivity contribution is 7.99. The van der Waals surface area contributed by atoms with Gasteiger partial charge in [0.25, 0.3) is 0 Å². The third-order valence-electron chi connectivity index (χ3n) is 3.99. The fraction of sp³-hybridized carbons (Fsp3) is 0.562. The number of hydrogen-bond donors (Lipinski definition) is 1. The van der Waals surface area contributed by atoms with E-state index in [1.54, 1.807) is 11.8 Å². The molecule has 21 heavy (non-hydrogen) atoms. The van der Waals surface area contributed by atoms with Gasteiger partial charge in [-0.1, -0.05) is 13.0 Å². The van der Waals surface area contributed by atoms with Gasteiger partial charge in [-0.05, 0) is 42.7 Å². The summed E-state index contributed by atoms with van der Waals surface area (Å²) in [6, 6.07) is 8.32. The predicted molar refractivity (Wildman–Crippen MR) is 85.9 cm³/mol. The van der Waals surface area contributed by atoms with Crippen molar-refractivity contribution in [1.29, 1.82) is 0 Å². The lowest BCUT2D eigenvalue weighted by atomic mass is 10.1. The maximum absolute atomic E-state index is 12.5. The molecule has 3 rings (SSSR count). The van der Waals surface area contributed by atoms with E-state index in [1.165, 1.54) is 17.7 Å². The number of nitrogens with zero attached hydrogens (tertiary/aromatic N) is 1. The van der Waals surface area contributed by atoms with Crippen LogP contribution < -0.4 is 5.32 Å². The molecular weight excluding hydrogens is 284 g/mol. The molecule has 1 saturated carbocycles. The van der Waals surface area contributed by atoms with Crippen molar-refractivity contribution < 1.29 is 9.53 Å². The summed E-state index contributed by atoms with van der Waals surface area (Å²) >= 11 is 1.78. The summed E-state index contributed by atoms with van der Waals surface area (Å²) in [4.78, 5) is 15.7. The number of rotatable bonds is 4.